The number of carbonyl (C=O) groups is 1. The molecule has 0 aromatic carbocycles. The van der Waals surface area contributed by atoms with E-state index in [9.17, 15) is 9.90 Å². The molecule has 0 aliphatic rings. The molecule has 2 atom stereocenters. The van der Waals surface area contributed by atoms with Gasteiger partial charge in [0.2, 0.25) is 0 Å². The van der Waals surface area contributed by atoms with E-state index in [1.165, 1.54) is 11.3 Å². The zero-order valence-electron chi connectivity index (χ0n) is 10.4. The summed E-state index contributed by atoms with van der Waals surface area (Å²) in [4.78, 5) is 16.1. The van der Waals surface area contributed by atoms with E-state index in [1.54, 1.807) is 12.3 Å². The van der Waals surface area contributed by atoms with Crippen molar-refractivity contribution in [3.05, 3.63) is 16.1 Å². The van der Waals surface area contributed by atoms with Crippen molar-refractivity contribution in [2.45, 2.75) is 38.8 Å². The van der Waals surface area contributed by atoms with Gasteiger partial charge in [0.15, 0.2) is 0 Å². The summed E-state index contributed by atoms with van der Waals surface area (Å²) in [6.07, 6.45) is 0.652. The predicted octanol–water partition coefficient (Wildman–Crippen LogP) is 1.05. The van der Waals surface area contributed by atoms with Crippen molar-refractivity contribution >= 4 is 17.2 Å². The molecule has 4 N–H and O–H groups in total. The van der Waals surface area contributed by atoms with Crippen molar-refractivity contribution in [3.63, 3.8) is 0 Å². The molecule has 17 heavy (non-hydrogen) atoms. The maximum Gasteiger partial charge on any atom is 0.271 e. The highest BCUT2D eigenvalue weighted by molar-refractivity contribution is 7.09. The molecule has 5 nitrogen and oxygen atoms in total. The molecular weight excluding hydrogens is 238 g/mol. The van der Waals surface area contributed by atoms with Crippen molar-refractivity contribution in [1.82, 2.24) is 10.3 Å². The largest absolute Gasteiger partial charge is 0.394 e. The van der Waals surface area contributed by atoms with Crippen LogP contribution < -0.4 is 11.1 Å². The van der Waals surface area contributed by atoms with Gasteiger partial charge in [0.25, 0.3) is 5.91 Å². The van der Waals surface area contributed by atoms with Crippen LogP contribution in [-0.4, -0.2) is 28.1 Å². The number of carbonyl (C=O) groups excluding carboxylic acids is 1. The fraction of sp³-hybridized carbons (Fsp3) is 0.636. The number of hydrogen-bond donors (Lipinski definition) is 3. The van der Waals surface area contributed by atoms with Crippen LogP contribution in [0.15, 0.2) is 5.38 Å². The number of aromatic nitrogens is 1. The van der Waals surface area contributed by atoms with Gasteiger partial charge < -0.3 is 16.2 Å². The molecule has 0 aliphatic heterocycles. The zero-order valence-corrected chi connectivity index (χ0v) is 11.2. The number of nitrogens with two attached hydrogens (primary N) is 1. The summed E-state index contributed by atoms with van der Waals surface area (Å²) in [6, 6.07) is -0.169. The van der Waals surface area contributed by atoms with E-state index in [2.05, 4.69) is 10.3 Å². The SMILES string of the molecule is CCC(C)(CO)NC(=O)c1csc(C(C)N)n1. The van der Waals surface area contributed by atoms with Crippen LogP contribution in [0.5, 0.6) is 0 Å². The van der Waals surface area contributed by atoms with E-state index in [0.29, 0.717) is 12.1 Å². The Kier molecular flexibility index (Phi) is 4.62. The highest BCUT2D eigenvalue weighted by Gasteiger charge is 2.25. The maximum atomic E-state index is 11.9. The first-order valence-electron chi connectivity index (χ1n) is 5.56. The molecule has 1 heterocycles. The second-order valence-corrected chi connectivity index (χ2v) is 5.28. The molecule has 0 bridgehead atoms. The number of nitrogens with one attached hydrogen (secondary N) is 1. The molecule has 0 fully saturated rings. The van der Waals surface area contributed by atoms with E-state index in [1.807, 2.05) is 13.8 Å². The summed E-state index contributed by atoms with van der Waals surface area (Å²) < 4.78 is 0. The Morgan fingerprint density at radius 3 is 2.82 bits per heavy atom. The molecule has 1 rings (SSSR count). The lowest BCUT2D eigenvalue weighted by Crippen LogP contribution is -2.48. The molecule has 6 heteroatoms. The van der Waals surface area contributed by atoms with Crippen LogP contribution in [0.1, 0.15) is 48.7 Å². The highest BCUT2D eigenvalue weighted by Crippen LogP contribution is 2.17. The number of hydrogen-bond acceptors (Lipinski definition) is 5. The standard InChI is InChI=1S/C11H19N3O2S/c1-4-11(3,6-15)14-9(16)8-5-17-10(13-8)7(2)12/h5,7,15H,4,6,12H2,1-3H3,(H,14,16). The minimum Gasteiger partial charge on any atom is -0.394 e. The minimum absolute atomic E-state index is 0.0977. The third-order valence-electron chi connectivity index (χ3n) is 2.69. The summed E-state index contributed by atoms with van der Waals surface area (Å²) in [5.41, 5.74) is 5.44. The van der Waals surface area contributed by atoms with Gasteiger partial charge in [0.05, 0.1) is 18.2 Å². The Labute approximate surface area is 105 Å². The molecule has 0 saturated heterocycles. The predicted molar refractivity (Wildman–Crippen MR) is 68.0 cm³/mol. The molecule has 0 saturated carbocycles. The van der Waals surface area contributed by atoms with E-state index in [4.69, 9.17) is 5.73 Å². The molecule has 1 amide bonds. The van der Waals surface area contributed by atoms with E-state index >= 15 is 0 Å². The monoisotopic (exact) mass is 257 g/mol. The second-order valence-electron chi connectivity index (χ2n) is 4.39. The van der Waals surface area contributed by atoms with E-state index in [0.717, 1.165) is 5.01 Å². The second kappa shape index (κ2) is 5.57. The number of aliphatic hydroxyl groups excluding tert-OH is 1. The molecule has 1 aromatic heterocycles. The lowest BCUT2D eigenvalue weighted by molar-refractivity contribution is 0.0843. The quantitative estimate of drug-likeness (QED) is 0.735. The van der Waals surface area contributed by atoms with Crippen LogP contribution in [0, 0.1) is 0 Å². The van der Waals surface area contributed by atoms with Crippen LogP contribution in [0.4, 0.5) is 0 Å². The molecular formula is C11H19N3O2S. The lowest BCUT2D eigenvalue weighted by atomic mass is 10.0. The van der Waals surface area contributed by atoms with Crippen molar-refractivity contribution in [1.29, 1.82) is 0 Å². The van der Waals surface area contributed by atoms with Crippen molar-refractivity contribution < 1.29 is 9.90 Å². The van der Waals surface area contributed by atoms with Gasteiger partial charge in [0, 0.05) is 5.38 Å². The van der Waals surface area contributed by atoms with Crippen LogP contribution in [0.3, 0.4) is 0 Å². The van der Waals surface area contributed by atoms with Gasteiger partial charge in [0.1, 0.15) is 10.7 Å². The molecule has 1 aromatic rings. The van der Waals surface area contributed by atoms with Gasteiger partial charge in [-0.15, -0.1) is 11.3 Å². The third-order valence-corrected chi connectivity index (χ3v) is 3.73. The van der Waals surface area contributed by atoms with Gasteiger partial charge in [-0.05, 0) is 20.3 Å². The fourth-order valence-electron chi connectivity index (χ4n) is 1.18. The normalized spacial score (nSPS) is 16.3. The first-order valence-corrected chi connectivity index (χ1v) is 6.44. The Bertz CT molecular complexity index is 386. The minimum atomic E-state index is -0.602. The number of rotatable bonds is 5. The molecule has 0 radical (unpaired) electrons. The van der Waals surface area contributed by atoms with Crippen LogP contribution in [0.25, 0.3) is 0 Å². The van der Waals surface area contributed by atoms with Crippen LogP contribution in [-0.2, 0) is 0 Å². The maximum absolute atomic E-state index is 11.9. The first kappa shape index (κ1) is 14.1. The van der Waals surface area contributed by atoms with E-state index in [-0.39, 0.29) is 18.6 Å². The number of nitrogens with zero attached hydrogens (tertiary/aromatic N) is 1. The topological polar surface area (TPSA) is 88.2 Å². The van der Waals surface area contributed by atoms with Crippen molar-refractivity contribution in [2.75, 3.05) is 6.61 Å². The first-order chi connectivity index (χ1) is 7.91. The lowest BCUT2D eigenvalue weighted by Gasteiger charge is -2.26. The summed E-state index contributed by atoms with van der Waals surface area (Å²) in [5, 5.41) is 14.4. The van der Waals surface area contributed by atoms with Gasteiger partial charge in [-0.1, -0.05) is 6.92 Å². The van der Waals surface area contributed by atoms with Crippen LogP contribution >= 0.6 is 11.3 Å². The smallest absolute Gasteiger partial charge is 0.271 e. The van der Waals surface area contributed by atoms with Gasteiger partial charge >= 0.3 is 0 Å². The van der Waals surface area contributed by atoms with E-state index < -0.39 is 5.54 Å². The van der Waals surface area contributed by atoms with Gasteiger partial charge in [-0.3, -0.25) is 4.79 Å². The Hall–Kier alpha value is -0.980. The van der Waals surface area contributed by atoms with Crippen LogP contribution in [0.2, 0.25) is 0 Å². The average molecular weight is 257 g/mol. The molecule has 2 unspecified atom stereocenters. The number of thiazole rings is 1. The zero-order chi connectivity index (χ0) is 13.1. The summed E-state index contributed by atoms with van der Waals surface area (Å²) in [6.45, 7) is 5.43. The molecule has 0 aliphatic carbocycles. The Morgan fingerprint density at radius 2 is 2.41 bits per heavy atom. The number of amides is 1. The Balaban J connectivity index is 2.76. The summed E-state index contributed by atoms with van der Waals surface area (Å²) in [5.74, 6) is -0.272. The molecule has 0 spiro atoms. The highest BCUT2D eigenvalue weighted by atomic mass is 32.1. The van der Waals surface area contributed by atoms with Gasteiger partial charge in [-0.2, -0.15) is 0 Å². The average Bonchev–Trinajstić information content (AvgIpc) is 2.78. The van der Waals surface area contributed by atoms with Gasteiger partial charge in [-0.25, -0.2) is 4.98 Å². The Morgan fingerprint density at radius 1 is 1.76 bits per heavy atom. The van der Waals surface area contributed by atoms with Crippen molar-refractivity contribution in [3.8, 4) is 0 Å². The fourth-order valence-corrected chi connectivity index (χ4v) is 1.94. The van der Waals surface area contributed by atoms with Crippen molar-refractivity contribution in [2.24, 2.45) is 5.73 Å². The molecule has 96 valence electrons. The summed E-state index contributed by atoms with van der Waals surface area (Å²) in [7, 11) is 0. The third kappa shape index (κ3) is 3.49. The summed E-state index contributed by atoms with van der Waals surface area (Å²) >= 11 is 1.37. The number of aliphatic hydroxyl groups is 1.